The fraction of sp³-hybridized carbons (Fsp3) is 0.167. The second-order valence-corrected chi connectivity index (χ2v) is 5.02. The van der Waals surface area contributed by atoms with Gasteiger partial charge in [-0.3, -0.25) is 4.98 Å². The predicted molar refractivity (Wildman–Crippen MR) is 74.3 cm³/mol. The van der Waals surface area contributed by atoms with Crippen LogP contribution in [0.5, 0.6) is 0 Å². The zero-order chi connectivity index (χ0) is 12.8. The van der Waals surface area contributed by atoms with Crippen LogP contribution in [0.25, 0.3) is 0 Å². The summed E-state index contributed by atoms with van der Waals surface area (Å²) in [6.07, 6.45) is 2.59. The maximum Gasteiger partial charge on any atom is 0.319 e. The number of amides is 2. The van der Waals surface area contributed by atoms with E-state index in [9.17, 15) is 4.79 Å². The highest BCUT2D eigenvalue weighted by molar-refractivity contribution is 7.09. The largest absolute Gasteiger partial charge is 0.338 e. The van der Waals surface area contributed by atoms with Gasteiger partial charge in [0.05, 0.1) is 5.51 Å². The molecule has 0 radical (unpaired) electrons. The van der Waals surface area contributed by atoms with Crippen molar-refractivity contribution in [2.45, 2.75) is 6.42 Å². The van der Waals surface area contributed by atoms with Crippen LogP contribution in [0.4, 0.5) is 10.5 Å². The van der Waals surface area contributed by atoms with Gasteiger partial charge in [0.2, 0.25) is 0 Å². The number of carbonyl (C=O) groups is 1. The molecule has 4 nitrogen and oxygen atoms in total. The lowest BCUT2D eigenvalue weighted by Gasteiger charge is -2.07. The number of nitrogens with zero attached hydrogens (tertiary/aromatic N) is 1. The lowest BCUT2D eigenvalue weighted by molar-refractivity contribution is 0.252. The van der Waals surface area contributed by atoms with Gasteiger partial charge in [0.15, 0.2) is 0 Å². The number of anilines is 1. The van der Waals surface area contributed by atoms with Crippen LogP contribution >= 0.6 is 22.9 Å². The van der Waals surface area contributed by atoms with E-state index in [1.165, 1.54) is 0 Å². The first-order valence-corrected chi connectivity index (χ1v) is 6.67. The summed E-state index contributed by atoms with van der Waals surface area (Å²) in [6, 6.07) is 6.80. The molecule has 0 fully saturated rings. The minimum Gasteiger partial charge on any atom is -0.338 e. The summed E-state index contributed by atoms with van der Waals surface area (Å²) >= 11 is 7.40. The molecule has 0 atom stereocenters. The molecule has 1 aromatic carbocycles. The maximum atomic E-state index is 11.6. The zero-order valence-electron chi connectivity index (χ0n) is 9.52. The SMILES string of the molecule is O=C(NCCc1cncs1)Nc1cccc(Cl)c1. The second-order valence-electron chi connectivity index (χ2n) is 3.61. The molecule has 0 spiro atoms. The average molecular weight is 282 g/mol. The first-order valence-electron chi connectivity index (χ1n) is 5.42. The van der Waals surface area contributed by atoms with Crippen molar-refractivity contribution in [2.24, 2.45) is 0 Å². The number of aromatic nitrogens is 1. The van der Waals surface area contributed by atoms with Crippen LogP contribution in [-0.4, -0.2) is 17.6 Å². The van der Waals surface area contributed by atoms with Crippen LogP contribution in [0.15, 0.2) is 36.0 Å². The van der Waals surface area contributed by atoms with Crippen molar-refractivity contribution in [1.29, 1.82) is 0 Å². The first-order chi connectivity index (χ1) is 8.74. The van der Waals surface area contributed by atoms with Crippen LogP contribution < -0.4 is 10.6 Å². The Bertz CT molecular complexity index is 516. The molecule has 0 aliphatic carbocycles. The molecule has 2 amide bonds. The fourth-order valence-corrected chi connectivity index (χ4v) is 2.20. The van der Waals surface area contributed by atoms with E-state index in [0.717, 1.165) is 11.3 Å². The van der Waals surface area contributed by atoms with Crippen LogP contribution in [0.3, 0.4) is 0 Å². The highest BCUT2D eigenvalue weighted by Gasteiger charge is 2.02. The predicted octanol–water partition coefficient (Wildman–Crippen LogP) is 3.16. The van der Waals surface area contributed by atoms with E-state index < -0.39 is 0 Å². The lowest BCUT2D eigenvalue weighted by Crippen LogP contribution is -2.30. The van der Waals surface area contributed by atoms with Gasteiger partial charge in [-0.1, -0.05) is 17.7 Å². The summed E-state index contributed by atoms with van der Waals surface area (Å²) < 4.78 is 0. The standard InChI is InChI=1S/C12H12ClN3OS/c13-9-2-1-3-10(6-9)16-12(17)15-5-4-11-7-14-8-18-11/h1-3,6-8H,4-5H2,(H2,15,16,17). The Labute approximate surface area is 114 Å². The Kier molecular flexibility index (Phi) is 4.55. The average Bonchev–Trinajstić information content (AvgIpc) is 2.82. The molecular weight excluding hydrogens is 270 g/mol. The van der Waals surface area contributed by atoms with E-state index in [0.29, 0.717) is 17.3 Å². The first kappa shape index (κ1) is 12.9. The third-order valence-corrected chi connectivity index (χ3v) is 3.30. The monoisotopic (exact) mass is 281 g/mol. The van der Waals surface area contributed by atoms with Crippen molar-refractivity contribution in [3.63, 3.8) is 0 Å². The maximum absolute atomic E-state index is 11.6. The summed E-state index contributed by atoms with van der Waals surface area (Å²) in [4.78, 5) is 16.7. The Morgan fingerprint density at radius 1 is 1.44 bits per heavy atom. The molecule has 0 aliphatic rings. The quantitative estimate of drug-likeness (QED) is 0.904. The van der Waals surface area contributed by atoms with Crippen LogP contribution in [0.2, 0.25) is 5.02 Å². The summed E-state index contributed by atoms with van der Waals surface area (Å²) in [5.74, 6) is 0. The zero-order valence-corrected chi connectivity index (χ0v) is 11.1. The molecule has 0 saturated carbocycles. The normalized spacial score (nSPS) is 10.1. The van der Waals surface area contributed by atoms with E-state index in [4.69, 9.17) is 11.6 Å². The Hall–Kier alpha value is -1.59. The van der Waals surface area contributed by atoms with Gasteiger partial charge < -0.3 is 10.6 Å². The minimum absolute atomic E-state index is 0.234. The lowest BCUT2D eigenvalue weighted by atomic mass is 10.3. The van der Waals surface area contributed by atoms with Gasteiger partial charge in [-0.05, 0) is 18.2 Å². The molecule has 0 unspecified atom stereocenters. The highest BCUT2D eigenvalue weighted by atomic mass is 35.5. The number of benzene rings is 1. The fourth-order valence-electron chi connectivity index (χ4n) is 1.41. The number of carbonyl (C=O) groups excluding carboxylic acids is 1. The van der Waals surface area contributed by atoms with Crippen molar-refractivity contribution in [1.82, 2.24) is 10.3 Å². The summed E-state index contributed by atoms with van der Waals surface area (Å²) in [6.45, 7) is 0.578. The third-order valence-electron chi connectivity index (χ3n) is 2.22. The van der Waals surface area contributed by atoms with Crippen molar-refractivity contribution < 1.29 is 4.79 Å². The number of hydrogen-bond acceptors (Lipinski definition) is 3. The van der Waals surface area contributed by atoms with Crippen molar-refractivity contribution in [3.8, 4) is 0 Å². The second kappa shape index (κ2) is 6.37. The molecule has 2 aromatic rings. The molecule has 1 aromatic heterocycles. The smallest absolute Gasteiger partial charge is 0.319 e. The topological polar surface area (TPSA) is 54.0 Å². The van der Waals surface area contributed by atoms with Crippen LogP contribution in [-0.2, 0) is 6.42 Å². The molecule has 1 heterocycles. The summed E-state index contributed by atoms with van der Waals surface area (Å²) in [5.41, 5.74) is 2.46. The van der Waals surface area contributed by atoms with Gasteiger partial charge in [0, 0.05) is 34.7 Å². The van der Waals surface area contributed by atoms with Crippen LogP contribution in [0, 0.1) is 0 Å². The number of halogens is 1. The van der Waals surface area contributed by atoms with E-state index in [1.807, 2.05) is 0 Å². The molecule has 0 aliphatic heterocycles. The van der Waals surface area contributed by atoms with E-state index in [1.54, 1.807) is 47.3 Å². The molecular formula is C12H12ClN3OS. The number of urea groups is 1. The number of nitrogens with one attached hydrogen (secondary N) is 2. The van der Waals surface area contributed by atoms with Crippen molar-refractivity contribution >= 4 is 34.7 Å². The van der Waals surface area contributed by atoms with Gasteiger partial charge in [-0.15, -0.1) is 11.3 Å². The van der Waals surface area contributed by atoms with E-state index in [-0.39, 0.29) is 6.03 Å². The van der Waals surface area contributed by atoms with E-state index >= 15 is 0 Å². The third kappa shape index (κ3) is 4.01. The summed E-state index contributed by atoms with van der Waals surface area (Å²) in [7, 11) is 0. The summed E-state index contributed by atoms with van der Waals surface area (Å²) in [5, 5.41) is 6.09. The van der Waals surface area contributed by atoms with Crippen molar-refractivity contribution in [3.05, 3.63) is 45.9 Å². The van der Waals surface area contributed by atoms with Gasteiger partial charge in [0.25, 0.3) is 0 Å². The molecule has 0 saturated heterocycles. The van der Waals surface area contributed by atoms with Gasteiger partial charge in [0.1, 0.15) is 0 Å². The van der Waals surface area contributed by atoms with Crippen LogP contribution in [0.1, 0.15) is 4.88 Å². The number of thiazole rings is 1. The van der Waals surface area contributed by atoms with Gasteiger partial charge in [-0.2, -0.15) is 0 Å². The van der Waals surface area contributed by atoms with E-state index in [2.05, 4.69) is 15.6 Å². The molecule has 18 heavy (non-hydrogen) atoms. The molecule has 0 bridgehead atoms. The molecule has 94 valence electrons. The number of rotatable bonds is 4. The molecule has 2 N–H and O–H groups in total. The molecule has 2 rings (SSSR count). The number of hydrogen-bond donors (Lipinski definition) is 2. The Balaban J connectivity index is 1.75. The van der Waals surface area contributed by atoms with Gasteiger partial charge >= 0.3 is 6.03 Å². The Morgan fingerprint density at radius 2 is 2.33 bits per heavy atom. The molecule has 6 heteroatoms. The Morgan fingerprint density at radius 3 is 3.06 bits per heavy atom. The minimum atomic E-state index is -0.234. The highest BCUT2D eigenvalue weighted by Crippen LogP contribution is 2.14. The van der Waals surface area contributed by atoms with Crippen molar-refractivity contribution in [2.75, 3.05) is 11.9 Å². The van der Waals surface area contributed by atoms with Gasteiger partial charge in [-0.25, -0.2) is 4.79 Å².